The van der Waals surface area contributed by atoms with Crippen LogP contribution in [0.4, 0.5) is 0 Å². The number of aliphatic imine (C=N–C) groups is 1. The van der Waals surface area contributed by atoms with Crippen LogP contribution in [0.25, 0.3) is 0 Å². The number of rotatable bonds is 7. The van der Waals surface area contributed by atoms with Crippen molar-refractivity contribution in [2.24, 2.45) is 4.99 Å². The van der Waals surface area contributed by atoms with Crippen molar-refractivity contribution in [3.63, 3.8) is 0 Å². The van der Waals surface area contributed by atoms with Crippen molar-refractivity contribution in [1.82, 2.24) is 20.4 Å². The van der Waals surface area contributed by atoms with Crippen LogP contribution in [0.15, 0.2) is 22.5 Å². The van der Waals surface area contributed by atoms with Crippen LogP contribution in [0.2, 0.25) is 0 Å². The highest BCUT2D eigenvalue weighted by molar-refractivity contribution is 14.0. The van der Waals surface area contributed by atoms with E-state index in [9.17, 15) is 0 Å². The predicted molar refractivity (Wildman–Crippen MR) is 138 cm³/mol. The summed E-state index contributed by atoms with van der Waals surface area (Å²) in [6.45, 7) is 13.7. The smallest absolute Gasteiger partial charge is 0.191 e. The molecule has 172 valence electrons. The first-order valence-corrected chi connectivity index (χ1v) is 12.0. The van der Waals surface area contributed by atoms with Crippen LogP contribution in [0, 0.1) is 0 Å². The summed E-state index contributed by atoms with van der Waals surface area (Å²) in [5.74, 6) is 0.887. The molecule has 2 fully saturated rings. The summed E-state index contributed by atoms with van der Waals surface area (Å²) < 4.78 is 5.76. The van der Waals surface area contributed by atoms with Crippen molar-refractivity contribution < 1.29 is 4.74 Å². The maximum Gasteiger partial charge on any atom is 0.191 e. The van der Waals surface area contributed by atoms with Crippen molar-refractivity contribution in [1.29, 1.82) is 0 Å². The van der Waals surface area contributed by atoms with Gasteiger partial charge in [-0.2, -0.15) is 0 Å². The minimum absolute atomic E-state index is 0. The molecular weight excluding hydrogens is 509 g/mol. The molecule has 2 N–H and O–H groups in total. The average Bonchev–Trinajstić information content (AvgIpc) is 3.26. The lowest BCUT2D eigenvalue weighted by Crippen LogP contribution is -2.55. The number of likely N-dealkylation sites (tertiary alicyclic amines) is 1. The molecule has 0 amide bonds. The fraction of sp³-hybridized carbons (Fsp3) is 0.773. The highest BCUT2D eigenvalue weighted by atomic mass is 127. The minimum Gasteiger partial charge on any atom is -0.376 e. The summed E-state index contributed by atoms with van der Waals surface area (Å²) in [7, 11) is 1.86. The molecule has 2 aliphatic rings. The van der Waals surface area contributed by atoms with Crippen molar-refractivity contribution in [2.45, 2.75) is 57.7 Å². The van der Waals surface area contributed by atoms with Gasteiger partial charge in [-0.15, -0.1) is 35.3 Å². The molecule has 30 heavy (non-hydrogen) atoms. The molecule has 8 heteroatoms. The number of nitrogens with zero attached hydrogens (tertiary/aromatic N) is 3. The Labute approximate surface area is 203 Å². The van der Waals surface area contributed by atoms with Gasteiger partial charge >= 0.3 is 0 Å². The molecule has 2 unspecified atom stereocenters. The number of guanidine groups is 1. The van der Waals surface area contributed by atoms with E-state index in [1.165, 1.54) is 37.2 Å². The van der Waals surface area contributed by atoms with Crippen LogP contribution < -0.4 is 10.6 Å². The Balaban J connectivity index is 0.00000320. The molecule has 0 bridgehead atoms. The van der Waals surface area contributed by atoms with Crippen LogP contribution in [0.3, 0.4) is 0 Å². The van der Waals surface area contributed by atoms with Gasteiger partial charge in [-0.05, 0) is 58.1 Å². The molecule has 2 atom stereocenters. The zero-order valence-electron chi connectivity index (χ0n) is 19.0. The Morgan fingerprint density at radius 3 is 2.67 bits per heavy atom. The van der Waals surface area contributed by atoms with Gasteiger partial charge in [-0.1, -0.05) is 12.5 Å². The summed E-state index contributed by atoms with van der Waals surface area (Å²) in [6.07, 6.45) is 4.29. The van der Waals surface area contributed by atoms with Gasteiger partial charge in [0.2, 0.25) is 0 Å². The fourth-order valence-corrected chi connectivity index (χ4v) is 5.20. The van der Waals surface area contributed by atoms with Crippen LogP contribution >= 0.6 is 35.3 Å². The van der Waals surface area contributed by atoms with Gasteiger partial charge in [0.05, 0.1) is 18.8 Å². The Kier molecular flexibility index (Phi) is 10.8. The van der Waals surface area contributed by atoms with Crippen molar-refractivity contribution in [3.8, 4) is 0 Å². The number of ether oxygens (including phenoxy) is 1. The predicted octanol–water partition coefficient (Wildman–Crippen LogP) is 3.56. The van der Waals surface area contributed by atoms with E-state index in [2.05, 4.69) is 63.7 Å². The number of hydrogen-bond donors (Lipinski definition) is 2. The third kappa shape index (κ3) is 7.32. The third-order valence-electron chi connectivity index (χ3n) is 6.17. The molecule has 0 spiro atoms. The normalized spacial score (nSPS) is 22.9. The van der Waals surface area contributed by atoms with E-state index in [-0.39, 0.29) is 35.6 Å². The van der Waals surface area contributed by atoms with Gasteiger partial charge in [-0.3, -0.25) is 14.8 Å². The molecule has 0 aromatic carbocycles. The summed E-state index contributed by atoms with van der Waals surface area (Å²) in [4.78, 5) is 11.0. The maximum atomic E-state index is 5.76. The Hall–Kier alpha value is -0.420. The monoisotopic (exact) mass is 549 g/mol. The van der Waals surface area contributed by atoms with Crippen LogP contribution in [-0.4, -0.2) is 80.3 Å². The second kappa shape index (κ2) is 12.6. The Morgan fingerprint density at radius 2 is 2.03 bits per heavy atom. The molecule has 2 saturated heterocycles. The zero-order chi connectivity index (χ0) is 20.7. The molecule has 1 aromatic rings. The number of morpholine rings is 1. The largest absolute Gasteiger partial charge is 0.376 e. The lowest BCUT2D eigenvalue weighted by Gasteiger charge is -2.41. The number of thiophene rings is 1. The Morgan fingerprint density at radius 1 is 1.27 bits per heavy atom. The third-order valence-corrected chi connectivity index (χ3v) is 7.15. The lowest BCUT2D eigenvalue weighted by molar-refractivity contribution is -0.0334. The van der Waals surface area contributed by atoms with E-state index in [1.807, 2.05) is 18.4 Å². The first-order valence-electron chi connectivity index (χ1n) is 11.1. The van der Waals surface area contributed by atoms with Gasteiger partial charge in [0.1, 0.15) is 0 Å². The number of halogens is 1. The second-order valence-electron chi connectivity index (χ2n) is 8.87. The molecule has 2 aliphatic heterocycles. The van der Waals surface area contributed by atoms with Crippen LogP contribution in [-0.2, 0) is 4.74 Å². The van der Waals surface area contributed by atoms with E-state index in [0.717, 1.165) is 38.7 Å². The van der Waals surface area contributed by atoms with Gasteiger partial charge in [0.25, 0.3) is 0 Å². The van der Waals surface area contributed by atoms with E-state index < -0.39 is 0 Å². The number of hydrogen-bond acceptors (Lipinski definition) is 5. The Bertz CT molecular complexity index is 633. The van der Waals surface area contributed by atoms with Crippen LogP contribution in [0.1, 0.15) is 51.0 Å². The molecular formula is C22H40IN5OS. The zero-order valence-corrected chi connectivity index (χ0v) is 22.2. The average molecular weight is 550 g/mol. The van der Waals surface area contributed by atoms with Gasteiger partial charge in [0.15, 0.2) is 5.96 Å². The lowest BCUT2D eigenvalue weighted by atomic mass is 9.98. The van der Waals surface area contributed by atoms with Gasteiger partial charge in [0, 0.05) is 43.6 Å². The summed E-state index contributed by atoms with van der Waals surface area (Å²) in [6, 6.07) is 4.73. The molecule has 0 saturated carbocycles. The highest BCUT2D eigenvalue weighted by Crippen LogP contribution is 2.26. The minimum atomic E-state index is 0. The molecule has 6 nitrogen and oxygen atoms in total. The highest BCUT2D eigenvalue weighted by Gasteiger charge is 2.29. The molecule has 1 aromatic heterocycles. The van der Waals surface area contributed by atoms with E-state index in [4.69, 9.17) is 4.74 Å². The maximum absolute atomic E-state index is 5.76. The number of piperidine rings is 1. The van der Waals surface area contributed by atoms with Crippen molar-refractivity contribution >= 4 is 41.3 Å². The topological polar surface area (TPSA) is 52.1 Å². The summed E-state index contributed by atoms with van der Waals surface area (Å²) in [5, 5.41) is 9.33. The number of nitrogens with one attached hydrogen (secondary N) is 2. The fourth-order valence-electron chi connectivity index (χ4n) is 4.34. The van der Waals surface area contributed by atoms with Crippen molar-refractivity contribution in [3.05, 3.63) is 22.4 Å². The molecule has 0 radical (unpaired) electrons. The second-order valence-corrected chi connectivity index (χ2v) is 9.85. The molecule has 3 rings (SSSR count). The van der Waals surface area contributed by atoms with E-state index in [0.29, 0.717) is 6.04 Å². The van der Waals surface area contributed by atoms with Gasteiger partial charge in [-0.25, -0.2) is 0 Å². The SMILES string of the molecule is CN=C(NCC(c1cccs1)N1CCOC(C)C1)NCC(C)(C)N1CCCCC1.I. The van der Waals surface area contributed by atoms with Crippen LogP contribution in [0.5, 0.6) is 0 Å². The standard InChI is InChI=1S/C22H39N5OS.HI/c1-18-16-26(12-13-28-18)19(20-9-8-14-29-20)15-24-21(23-4)25-17-22(2,3)27-10-6-5-7-11-27;/h8-9,14,18-19H,5-7,10-13,15-17H2,1-4H3,(H2,23,24,25);1H. The summed E-state index contributed by atoms with van der Waals surface area (Å²) >= 11 is 1.83. The first kappa shape index (κ1) is 25.8. The quantitative estimate of drug-likeness (QED) is 0.310. The first-order chi connectivity index (χ1) is 14.0. The molecule has 0 aliphatic carbocycles. The van der Waals surface area contributed by atoms with Crippen molar-refractivity contribution in [2.75, 3.05) is 52.9 Å². The van der Waals surface area contributed by atoms with E-state index in [1.54, 1.807) is 0 Å². The van der Waals surface area contributed by atoms with E-state index >= 15 is 0 Å². The van der Waals surface area contributed by atoms with Gasteiger partial charge < -0.3 is 15.4 Å². The summed E-state index contributed by atoms with van der Waals surface area (Å²) in [5.41, 5.74) is 0.130. The molecule has 3 heterocycles.